The average Bonchev–Trinajstić information content (AvgIpc) is 2.39. The quantitative estimate of drug-likeness (QED) is 0.879. The SMILES string of the molecule is CC1CCC(c2cccc(CC(C)C(=O)O)c2)CC1. The fraction of sp³-hybridized carbons (Fsp3) is 0.588. The highest BCUT2D eigenvalue weighted by Crippen LogP contribution is 2.35. The topological polar surface area (TPSA) is 37.3 Å². The number of rotatable bonds is 4. The van der Waals surface area contributed by atoms with Gasteiger partial charge in [0.15, 0.2) is 0 Å². The molecule has 1 aromatic carbocycles. The molecule has 2 rings (SSSR count). The molecule has 0 heterocycles. The van der Waals surface area contributed by atoms with Crippen molar-refractivity contribution in [2.75, 3.05) is 0 Å². The fourth-order valence-electron chi connectivity index (χ4n) is 3.01. The van der Waals surface area contributed by atoms with Gasteiger partial charge in [-0.2, -0.15) is 0 Å². The minimum atomic E-state index is -0.711. The van der Waals surface area contributed by atoms with E-state index in [4.69, 9.17) is 5.11 Å². The molecular weight excluding hydrogens is 236 g/mol. The lowest BCUT2D eigenvalue weighted by molar-refractivity contribution is -0.141. The third-order valence-electron chi connectivity index (χ3n) is 4.40. The summed E-state index contributed by atoms with van der Waals surface area (Å²) in [7, 11) is 0. The highest BCUT2D eigenvalue weighted by atomic mass is 16.4. The van der Waals surface area contributed by atoms with Crippen molar-refractivity contribution in [1.29, 1.82) is 0 Å². The van der Waals surface area contributed by atoms with Crippen LogP contribution in [0.25, 0.3) is 0 Å². The van der Waals surface area contributed by atoms with Crippen LogP contribution in [0.2, 0.25) is 0 Å². The summed E-state index contributed by atoms with van der Waals surface area (Å²) in [5.74, 6) is 0.529. The molecule has 0 saturated heterocycles. The summed E-state index contributed by atoms with van der Waals surface area (Å²) in [6.07, 6.45) is 5.82. The van der Waals surface area contributed by atoms with Crippen molar-refractivity contribution in [3.63, 3.8) is 0 Å². The van der Waals surface area contributed by atoms with Gasteiger partial charge in [-0.3, -0.25) is 4.79 Å². The molecule has 1 aromatic rings. The Bertz CT molecular complexity index is 431. The predicted molar refractivity (Wildman–Crippen MR) is 77.3 cm³/mol. The van der Waals surface area contributed by atoms with E-state index in [1.54, 1.807) is 6.92 Å². The number of hydrogen-bond donors (Lipinski definition) is 1. The normalized spacial score (nSPS) is 24.9. The maximum absolute atomic E-state index is 10.9. The minimum Gasteiger partial charge on any atom is -0.481 e. The molecule has 1 atom stereocenters. The Balaban J connectivity index is 2.04. The molecule has 19 heavy (non-hydrogen) atoms. The Morgan fingerprint density at radius 2 is 2.00 bits per heavy atom. The lowest BCUT2D eigenvalue weighted by Crippen LogP contribution is -2.13. The number of carbonyl (C=O) groups is 1. The Kier molecular flexibility index (Phi) is 4.62. The van der Waals surface area contributed by atoms with Crippen molar-refractivity contribution in [2.24, 2.45) is 11.8 Å². The molecule has 0 spiro atoms. The second-order valence-electron chi connectivity index (χ2n) is 6.15. The Morgan fingerprint density at radius 1 is 1.32 bits per heavy atom. The molecule has 104 valence electrons. The molecule has 0 bridgehead atoms. The molecule has 0 radical (unpaired) electrons. The zero-order chi connectivity index (χ0) is 13.8. The van der Waals surface area contributed by atoms with Gasteiger partial charge in [-0.25, -0.2) is 0 Å². The van der Waals surface area contributed by atoms with Gasteiger partial charge in [-0.1, -0.05) is 51.0 Å². The Labute approximate surface area is 115 Å². The number of aliphatic carboxylic acids is 1. The van der Waals surface area contributed by atoms with E-state index in [2.05, 4.69) is 25.1 Å². The van der Waals surface area contributed by atoms with Crippen molar-refractivity contribution in [2.45, 2.75) is 51.9 Å². The molecule has 0 aliphatic heterocycles. The van der Waals surface area contributed by atoms with Gasteiger partial charge in [0, 0.05) is 0 Å². The molecule has 2 nitrogen and oxygen atoms in total. The third kappa shape index (κ3) is 3.82. The lowest BCUT2D eigenvalue weighted by Gasteiger charge is -2.26. The van der Waals surface area contributed by atoms with Gasteiger partial charge >= 0.3 is 5.97 Å². The predicted octanol–water partition coefficient (Wildman–Crippen LogP) is 4.24. The van der Waals surface area contributed by atoms with E-state index < -0.39 is 5.97 Å². The number of carboxylic acids is 1. The second-order valence-corrected chi connectivity index (χ2v) is 6.15. The van der Waals surface area contributed by atoms with Crippen LogP contribution in [0.5, 0.6) is 0 Å². The lowest BCUT2D eigenvalue weighted by atomic mass is 9.79. The van der Waals surface area contributed by atoms with E-state index in [1.165, 1.54) is 31.2 Å². The van der Waals surface area contributed by atoms with E-state index in [9.17, 15) is 4.79 Å². The van der Waals surface area contributed by atoms with Crippen LogP contribution in [-0.4, -0.2) is 11.1 Å². The number of benzene rings is 1. The highest BCUT2D eigenvalue weighted by molar-refractivity contribution is 5.69. The van der Waals surface area contributed by atoms with Crippen LogP contribution < -0.4 is 0 Å². The minimum absolute atomic E-state index is 0.304. The zero-order valence-electron chi connectivity index (χ0n) is 11.9. The molecule has 1 fully saturated rings. The van der Waals surface area contributed by atoms with Crippen LogP contribution in [0.3, 0.4) is 0 Å². The van der Waals surface area contributed by atoms with Gasteiger partial charge in [0.1, 0.15) is 0 Å². The first-order valence-corrected chi connectivity index (χ1v) is 7.38. The van der Waals surface area contributed by atoms with Gasteiger partial charge < -0.3 is 5.11 Å². The van der Waals surface area contributed by atoms with E-state index in [1.807, 2.05) is 6.07 Å². The summed E-state index contributed by atoms with van der Waals surface area (Å²) < 4.78 is 0. The molecule has 1 aliphatic carbocycles. The first-order valence-electron chi connectivity index (χ1n) is 7.38. The van der Waals surface area contributed by atoms with Crippen LogP contribution in [0.1, 0.15) is 56.6 Å². The molecule has 1 aliphatic rings. The molecule has 0 amide bonds. The van der Waals surface area contributed by atoms with Crippen LogP contribution in [0.15, 0.2) is 24.3 Å². The van der Waals surface area contributed by atoms with Gasteiger partial charge in [-0.05, 0) is 42.2 Å². The summed E-state index contributed by atoms with van der Waals surface area (Å²) in [6.45, 7) is 4.11. The van der Waals surface area contributed by atoms with E-state index in [0.717, 1.165) is 11.5 Å². The van der Waals surface area contributed by atoms with Crippen LogP contribution in [0, 0.1) is 11.8 Å². The van der Waals surface area contributed by atoms with Crippen molar-refractivity contribution in [3.05, 3.63) is 35.4 Å². The summed E-state index contributed by atoms with van der Waals surface area (Å²) in [5, 5.41) is 8.99. The molecule has 0 aromatic heterocycles. The summed E-state index contributed by atoms with van der Waals surface area (Å²) in [5.41, 5.74) is 2.56. The standard InChI is InChI=1S/C17H24O2/c1-12-6-8-15(9-7-12)16-5-3-4-14(11-16)10-13(2)17(18)19/h3-5,11-13,15H,6-10H2,1-2H3,(H,18,19). The molecule has 1 unspecified atom stereocenters. The largest absolute Gasteiger partial charge is 0.481 e. The Hall–Kier alpha value is -1.31. The van der Waals surface area contributed by atoms with Crippen molar-refractivity contribution < 1.29 is 9.90 Å². The van der Waals surface area contributed by atoms with Gasteiger partial charge in [0.05, 0.1) is 5.92 Å². The smallest absolute Gasteiger partial charge is 0.306 e. The summed E-state index contributed by atoms with van der Waals surface area (Å²) in [6, 6.07) is 8.56. The van der Waals surface area contributed by atoms with Crippen molar-refractivity contribution >= 4 is 5.97 Å². The van der Waals surface area contributed by atoms with E-state index >= 15 is 0 Å². The maximum Gasteiger partial charge on any atom is 0.306 e. The van der Waals surface area contributed by atoms with Crippen molar-refractivity contribution in [1.82, 2.24) is 0 Å². The highest BCUT2D eigenvalue weighted by Gasteiger charge is 2.20. The maximum atomic E-state index is 10.9. The van der Waals surface area contributed by atoms with Crippen molar-refractivity contribution in [3.8, 4) is 0 Å². The number of hydrogen-bond acceptors (Lipinski definition) is 1. The van der Waals surface area contributed by atoms with E-state index in [0.29, 0.717) is 12.3 Å². The molecular formula is C17H24O2. The Morgan fingerprint density at radius 3 is 2.63 bits per heavy atom. The third-order valence-corrected chi connectivity index (χ3v) is 4.40. The van der Waals surface area contributed by atoms with Crippen LogP contribution in [-0.2, 0) is 11.2 Å². The average molecular weight is 260 g/mol. The summed E-state index contributed by atoms with van der Waals surface area (Å²) >= 11 is 0. The first-order chi connectivity index (χ1) is 9.06. The van der Waals surface area contributed by atoms with E-state index in [-0.39, 0.29) is 5.92 Å². The molecule has 1 saturated carbocycles. The van der Waals surface area contributed by atoms with Crippen LogP contribution >= 0.6 is 0 Å². The monoisotopic (exact) mass is 260 g/mol. The first kappa shape index (κ1) is 14.1. The van der Waals surface area contributed by atoms with Crippen LogP contribution in [0.4, 0.5) is 0 Å². The van der Waals surface area contributed by atoms with Gasteiger partial charge in [0.2, 0.25) is 0 Å². The summed E-state index contributed by atoms with van der Waals surface area (Å²) in [4.78, 5) is 10.9. The zero-order valence-corrected chi connectivity index (χ0v) is 11.9. The molecule has 1 N–H and O–H groups in total. The van der Waals surface area contributed by atoms with Gasteiger partial charge in [0.25, 0.3) is 0 Å². The number of carboxylic acid groups (broad SMARTS) is 1. The second kappa shape index (κ2) is 6.23. The fourth-order valence-corrected chi connectivity index (χ4v) is 3.01. The molecule has 2 heteroatoms. The van der Waals surface area contributed by atoms with Gasteiger partial charge in [-0.15, -0.1) is 0 Å².